The van der Waals surface area contributed by atoms with Crippen molar-refractivity contribution in [1.29, 1.82) is 0 Å². The van der Waals surface area contributed by atoms with Crippen LogP contribution in [0.2, 0.25) is 5.54 Å². The minimum atomic E-state index is -1.65. The van der Waals surface area contributed by atoms with Crippen LogP contribution in [-0.2, 0) is 16.1 Å². The highest BCUT2D eigenvalue weighted by atomic mass is 28.1. The number of carbonyl (C=O) groups excluding carboxylic acids is 4. The van der Waals surface area contributed by atoms with Gasteiger partial charge in [-0.2, -0.15) is 0 Å². The molecule has 3 aliphatic rings. The Labute approximate surface area is 202 Å². The van der Waals surface area contributed by atoms with E-state index in [9.17, 15) is 23.6 Å². The number of rotatable bonds is 5. The molecule has 0 spiro atoms. The second-order valence-electron chi connectivity index (χ2n) is 9.14. The third-order valence-corrected chi connectivity index (χ3v) is 7.41. The van der Waals surface area contributed by atoms with E-state index in [4.69, 9.17) is 0 Å². The van der Waals surface area contributed by atoms with Crippen LogP contribution in [0.1, 0.15) is 63.7 Å². The lowest BCUT2D eigenvalue weighted by Gasteiger charge is -2.30. The van der Waals surface area contributed by atoms with Gasteiger partial charge in [-0.05, 0) is 55.2 Å². The van der Waals surface area contributed by atoms with Crippen LogP contribution >= 0.6 is 0 Å². The highest BCUT2D eigenvalue weighted by Crippen LogP contribution is 2.49. The van der Waals surface area contributed by atoms with E-state index in [2.05, 4.69) is 25.9 Å². The van der Waals surface area contributed by atoms with Gasteiger partial charge in [0.1, 0.15) is 17.5 Å². The number of benzene rings is 1. The summed E-state index contributed by atoms with van der Waals surface area (Å²) >= 11 is 0. The van der Waals surface area contributed by atoms with E-state index in [0.29, 0.717) is 17.5 Å². The molecule has 8 nitrogen and oxygen atoms in total. The number of hydrogen-bond donors (Lipinski definition) is 2. The van der Waals surface area contributed by atoms with Gasteiger partial charge >= 0.3 is 0 Å². The first kappa shape index (κ1) is 23.3. The Bertz CT molecular complexity index is 1230. The summed E-state index contributed by atoms with van der Waals surface area (Å²) in [6, 6.07) is 5.54. The predicted octanol–water partition coefficient (Wildman–Crippen LogP) is 1.91. The van der Waals surface area contributed by atoms with E-state index < -0.39 is 46.8 Å². The van der Waals surface area contributed by atoms with Crippen molar-refractivity contribution in [2.45, 2.75) is 55.5 Å². The average Bonchev–Trinajstić information content (AvgIpc) is 3.53. The molecule has 4 amide bonds. The van der Waals surface area contributed by atoms with E-state index in [-0.39, 0.29) is 43.0 Å². The number of imide groups is 1. The molecule has 2 fully saturated rings. The highest BCUT2D eigenvalue weighted by Gasteiger charge is 2.52. The van der Waals surface area contributed by atoms with Gasteiger partial charge in [-0.15, -0.1) is 0 Å². The van der Waals surface area contributed by atoms with Crippen molar-refractivity contribution >= 4 is 33.9 Å². The normalized spacial score (nSPS) is 23.9. The van der Waals surface area contributed by atoms with Crippen LogP contribution in [0.5, 0.6) is 0 Å². The fourth-order valence-electron chi connectivity index (χ4n) is 4.63. The maximum absolute atomic E-state index is 15.0. The maximum Gasteiger partial charge on any atom is 0.254 e. The van der Waals surface area contributed by atoms with E-state index in [1.165, 1.54) is 29.2 Å². The Kier molecular flexibility index (Phi) is 5.74. The Morgan fingerprint density at radius 3 is 2.69 bits per heavy atom. The molecule has 1 aromatic carbocycles. The van der Waals surface area contributed by atoms with E-state index >= 15 is 4.39 Å². The van der Waals surface area contributed by atoms with Crippen molar-refractivity contribution in [3.8, 4) is 0 Å². The smallest absolute Gasteiger partial charge is 0.254 e. The van der Waals surface area contributed by atoms with Crippen LogP contribution in [0.4, 0.5) is 8.78 Å². The molecular formula is C24H21F2N4O4Si. The molecule has 2 N–H and O–H groups in total. The molecule has 1 saturated heterocycles. The molecule has 1 aliphatic carbocycles. The minimum Gasteiger partial charge on any atom is -0.340 e. The van der Waals surface area contributed by atoms with Gasteiger partial charge in [0.2, 0.25) is 11.8 Å². The van der Waals surface area contributed by atoms with Gasteiger partial charge in [0.05, 0.1) is 11.9 Å². The van der Waals surface area contributed by atoms with Crippen molar-refractivity contribution in [3.05, 3.63) is 64.7 Å². The fraction of sp³-hybridized carbons (Fsp3) is 0.375. The zero-order valence-corrected chi connectivity index (χ0v) is 19.5. The summed E-state index contributed by atoms with van der Waals surface area (Å²) in [7, 11) is 3.37. The zero-order chi connectivity index (χ0) is 24.9. The second kappa shape index (κ2) is 8.63. The fourth-order valence-corrected chi connectivity index (χ4v) is 5.05. The second-order valence-corrected chi connectivity index (χ2v) is 9.77. The standard InChI is InChI=1S/C24H21F2N4O4Si/c25-14-2-4-16(27-10-14)20(24(26)7-8-24)29-21(32)12-1-3-15-13(9-12)11-30(23(15)34)17-5-6-18(31)28-22(33)19(17)35/h1-4,9-10,17,19-20H,5-8,11H2,(H,29,32)(H,28,31,33)/t17-,19?,20+/m0/s1. The minimum absolute atomic E-state index is 0.106. The van der Waals surface area contributed by atoms with Crippen LogP contribution in [0.3, 0.4) is 0 Å². The predicted molar refractivity (Wildman–Crippen MR) is 119 cm³/mol. The average molecular weight is 496 g/mol. The molecule has 0 bridgehead atoms. The Hall–Kier alpha value is -3.47. The maximum atomic E-state index is 15.0. The summed E-state index contributed by atoms with van der Waals surface area (Å²) in [6.07, 6.45) is 1.91. The number of amides is 4. The number of nitrogens with zero attached hydrogens (tertiary/aromatic N) is 2. The summed E-state index contributed by atoms with van der Waals surface area (Å²) in [4.78, 5) is 55.5. The molecule has 179 valence electrons. The lowest BCUT2D eigenvalue weighted by atomic mass is 10.0. The number of carbonyl (C=O) groups is 4. The number of hydrogen-bond acceptors (Lipinski definition) is 5. The molecule has 5 rings (SSSR count). The summed E-state index contributed by atoms with van der Waals surface area (Å²) < 4.78 is 28.3. The number of halogens is 2. The lowest BCUT2D eigenvalue weighted by molar-refractivity contribution is -0.129. The van der Waals surface area contributed by atoms with Crippen molar-refractivity contribution in [2.75, 3.05) is 0 Å². The van der Waals surface area contributed by atoms with Crippen molar-refractivity contribution in [1.82, 2.24) is 20.5 Å². The molecule has 1 saturated carbocycles. The molecule has 1 aromatic heterocycles. The topological polar surface area (TPSA) is 108 Å². The first-order chi connectivity index (χ1) is 16.7. The third kappa shape index (κ3) is 4.35. The first-order valence-electron chi connectivity index (χ1n) is 11.3. The summed E-state index contributed by atoms with van der Waals surface area (Å²) in [5.41, 5.74) is -0.949. The summed E-state index contributed by atoms with van der Waals surface area (Å²) in [6.45, 7) is 0.165. The van der Waals surface area contributed by atoms with Crippen molar-refractivity contribution in [3.63, 3.8) is 0 Å². The summed E-state index contributed by atoms with van der Waals surface area (Å²) in [5, 5.41) is 4.96. The van der Waals surface area contributed by atoms with Crippen LogP contribution in [0.15, 0.2) is 36.5 Å². The van der Waals surface area contributed by atoms with Crippen LogP contribution in [0.25, 0.3) is 0 Å². The molecular weight excluding hydrogens is 474 g/mol. The monoisotopic (exact) mass is 495 g/mol. The van der Waals surface area contributed by atoms with Gasteiger partial charge in [0, 0.05) is 45.9 Å². The van der Waals surface area contributed by atoms with Gasteiger partial charge in [0.25, 0.3) is 11.8 Å². The van der Waals surface area contributed by atoms with Gasteiger partial charge in [-0.1, -0.05) is 0 Å². The van der Waals surface area contributed by atoms with E-state index in [1.807, 2.05) is 0 Å². The van der Waals surface area contributed by atoms with E-state index in [0.717, 1.165) is 6.20 Å². The van der Waals surface area contributed by atoms with Crippen molar-refractivity contribution < 1.29 is 28.0 Å². The number of pyridine rings is 1. The van der Waals surface area contributed by atoms with Crippen LogP contribution in [-0.4, -0.2) is 55.5 Å². The van der Waals surface area contributed by atoms with Gasteiger partial charge < -0.3 is 10.2 Å². The molecule has 3 radical (unpaired) electrons. The largest absolute Gasteiger partial charge is 0.340 e. The number of aromatic nitrogens is 1. The number of fused-ring (bicyclic) bond motifs is 1. The first-order valence-corrected chi connectivity index (χ1v) is 11.8. The Morgan fingerprint density at radius 1 is 1.23 bits per heavy atom. The molecule has 2 aliphatic heterocycles. The molecule has 2 aromatic rings. The molecule has 11 heteroatoms. The quantitative estimate of drug-likeness (QED) is 0.487. The zero-order valence-electron chi connectivity index (χ0n) is 18.5. The van der Waals surface area contributed by atoms with Crippen LogP contribution < -0.4 is 10.6 Å². The molecule has 3 heterocycles. The highest BCUT2D eigenvalue weighted by molar-refractivity contribution is 6.26. The third-order valence-electron chi connectivity index (χ3n) is 6.76. The number of alkyl halides is 1. The van der Waals surface area contributed by atoms with Gasteiger partial charge in [-0.3, -0.25) is 29.5 Å². The van der Waals surface area contributed by atoms with Gasteiger partial charge in [0.15, 0.2) is 0 Å². The van der Waals surface area contributed by atoms with Crippen LogP contribution in [0, 0.1) is 5.82 Å². The summed E-state index contributed by atoms with van der Waals surface area (Å²) in [5.74, 6) is -2.29. The Balaban J connectivity index is 1.36. The molecule has 3 atom stereocenters. The molecule has 35 heavy (non-hydrogen) atoms. The number of nitrogens with one attached hydrogen (secondary N) is 2. The van der Waals surface area contributed by atoms with E-state index in [1.54, 1.807) is 6.07 Å². The molecule has 1 unspecified atom stereocenters. The Morgan fingerprint density at radius 2 is 2.00 bits per heavy atom. The van der Waals surface area contributed by atoms with Crippen molar-refractivity contribution in [2.24, 2.45) is 0 Å². The SMILES string of the molecule is O=C1CC[C@H](N2Cc3cc(C(=O)N[C@H](c4ccc(F)cn4)C4(F)CC4)ccc3C2=O)C([Si])C(=O)N1. The van der Waals surface area contributed by atoms with Gasteiger partial charge in [-0.25, -0.2) is 8.78 Å². The lowest BCUT2D eigenvalue weighted by Crippen LogP contribution is -2.42.